The molecule has 3 heterocycles. The summed E-state index contributed by atoms with van der Waals surface area (Å²) >= 11 is 1.85. The number of rotatable bonds is 1. The van der Waals surface area contributed by atoms with Crippen LogP contribution in [0.25, 0.3) is 85.9 Å². The summed E-state index contributed by atoms with van der Waals surface area (Å²) in [6, 6.07) is 39.0. The van der Waals surface area contributed by atoms with E-state index in [1.807, 2.05) is 23.5 Å². The molecule has 0 spiro atoms. The van der Waals surface area contributed by atoms with E-state index in [0.29, 0.717) is 0 Å². The molecule has 0 amide bonds. The van der Waals surface area contributed by atoms with E-state index in [-0.39, 0.29) is 0 Å². The lowest BCUT2D eigenvalue weighted by molar-refractivity contribution is 0.668. The number of hydrogen-bond acceptors (Lipinski definition) is 3. The highest BCUT2D eigenvalue weighted by molar-refractivity contribution is 7.25. The Kier molecular flexibility index (Phi) is 3.70. The van der Waals surface area contributed by atoms with Crippen molar-refractivity contribution in [2.45, 2.75) is 0 Å². The third kappa shape index (κ3) is 2.75. The standard InChI is InChI=1S/C34H18O2S/c1-3-7-29-23(5-1)26-14-21-15-27-24-11-9-20(16-30(24)36-32(27)18-22(21)17-31(26)35-29)19-10-12-34-28(13-19)25-6-2-4-8-33(25)37-34/h1-18H. The molecule has 6 aromatic carbocycles. The molecule has 0 unspecified atom stereocenters. The Morgan fingerprint density at radius 2 is 0.973 bits per heavy atom. The predicted octanol–water partition coefficient (Wildman–Crippen LogP) is 10.7. The summed E-state index contributed by atoms with van der Waals surface area (Å²) in [5, 5.41) is 9.51. The van der Waals surface area contributed by atoms with Crippen molar-refractivity contribution in [1.29, 1.82) is 0 Å². The Balaban J connectivity index is 1.23. The molecule has 9 aromatic rings. The summed E-state index contributed by atoms with van der Waals surface area (Å²) < 4.78 is 15.2. The quantitative estimate of drug-likeness (QED) is 0.229. The Hall–Kier alpha value is -4.60. The van der Waals surface area contributed by atoms with Gasteiger partial charge >= 0.3 is 0 Å². The maximum atomic E-state index is 6.41. The highest BCUT2D eigenvalue weighted by Gasteiger charge is 2.13. The summed E-state index contributed by atoms with van der Waals surface area (Å²) in [6.07, 6.45) is 0. The fourth-order valence-corrected chi connectivity index (χ4v) is 6.91. The van der Waals surface area contributed by atoms with E-state index in [4.69, 9.17) is 8.83 Å². The Bertz CT molecular complexity index is 2360. The average Bonchev–Trinajstić information content (AvgIpc) is 3.60. The molecule has 0 aliphatic carbocycles. The second-order valence-electron chi connectivity index (χ2n) is 9.76. The van der Waals surface area contributed by atoms with Crippen molar-refractivity contribution in [1.82, 2.24) is 0 Å². The lowest BCUT2D eigenvalue weighted by atomic mass is 10.0. The van der Waals surface area contributed by atoms with Crippen molar-refractivity contribution in [2.75, 3.05) is 0 Å². The highest BCUT2D eigenvalue weighted by atomic mass is 32.1. The molecule has 0 aliphatic rings. The monoisotopic (exact) mass is 490 g/mol. The molecule has 172 valence electrons. The summed E-state index contributed by atoms with van der Waals surface area (Å²) in [4.78, 5) is 0. The number of furan rings is 2. The van der Waals surface area contributed by atoms with Gasteiger partial charge in [0.2, 0.25) is 0 Å². The molecule has 0 radical (unpaired) electrons. The van der Waals surface area contributed by atoms with Gasteiger partial charge in [-0.3, -0.25) is 0 Å². The van der Waals surface area contributed by atoms with Crippen molar-refractivity contribution in [3.63, 3.8) is 0 Å². The van der Waals surface area contributed by atoms with Gasteiger partial charge in [0, 0.05) is 41.7 Å². The predicted molar refractivity (Wildman–Crippen MR) is 157 cm³/mol. The fourth-order valence-electron chi connectivity index (χ4n) is 5.83. The molecule has 0 saturated heterocycles. The third-order valence-corrected chi connectivity index (χ3v) is 8.79. The summed E-state index contributed by atoms with van der Waals surface area (Å²) in [5.41, 5.74) is 6.00. The first-order valence-electron chi connectivity index (χ1n) is 12.4. The number of hydrogen-bond donors (Lipinski definition) is 0. The summed E-state index contributed by atoms with van der Waals surface area (Å²) in [6.45, 7) is 0. The van der Waals surface area contributed by atoms with Gasteiger partial charge in [0.15, 0.2) is 0 Å². The van der Waals surface area contributed by atoms with E-state index in [0.717, 1.165) is 54.8 Å². The van der Waals surface area contributed by atoms with Crippen molar-refractivity contribution < 1.29 is 8.83 Å². The molecular formula is C34H18O2S. The van der Waals surface area contributed by atoms with Crippen molar-refractivity contribution in [3.05, 3.63) is 109 Å². The zero-order valence-corrected chi connectivity index (χ0v) is 20.4. The third-order valence-electron chi connectivity index (χ3n) is 7.64. The lowest BCUT2D eigenvalue weighted by Crippen LogP contribution is -1.78. The first kappa shape index (κ1) is 19.6. The molecule has 0 fully saturated rings. The SMILES string of the molecule is c1ccc2c(c1)oc1cc3cc4oc5cc(-c6ccc7sc8ccccc8c7c6)ccc5c4cc3cc12. The Morgan fingerprint density at radius 1 is 0.378 bits per heavy atom. The van der Waals surface area contributed by atoms with E-state index in [2.05, 4.69) is 97.1 Å². The molecule has 9 rings (SSSR count). The topological polar surface area (TPSA) is 26.3 Å². The minimum atomic E-state index is 0.898. The van der Waals surface area contributed by atoms with Crippen LogP contribution in [-0.4, -0.2) is 0 Å². The second kappa shape index (κ2) is 7.00. The first-order chi connectivity index (χ1) is 18.3. The van der Waals surface area contributed by atoms with Crippen molar-refractivity contribution in [2.24, 2.45) is 0 Å². The van der Waals surface area contributed by atoms with Gasteiger partial charge in [0.1, 0.15) is 22.3 Å². The first-order valence-corrected chi connectivity index (χ1v) is 13.2. The van der Waals surface area contributed by atoms with Crippen LogP contribution in [0.3, 0.4) is 0 Å². The molecule has 0 saturated carbocycles. The van der Waals surface area contributed by atoms with E-state index >= 15 is 0 Å². The van der Waals surface area contributed by atoms with Crippen LogP contribution in [0.5, 0.6) is 0 Å². The van der Waals surface area contributed by atoms with E-state index in [1.54, 1.807) is 0 Å². The molecular weight excluding hydrogens is 472 g/mol. The number of para-hydroxylation sites is 1. The van der Waals surface area contributed by atoms with Crippen LogP contribution < -0.4 is 0 Å². The minimum Gasteiger partial charge on any atom is -0.456 e. The van der Waals surface area contributed by atoms with Crippen LogP contribution in [-0.2, 0) is 0 Å². The normalized spacial score (nSPS) is 12.3. The molecule has 0 atom stereocenters. The van der Waals surface area contributed by atoms with Crippen LogP contribution in [0.15, 0.2) is 118 Å². The van der Waals surface area contributed by atoms with E-state index in [1.165, 1.54) is 31.1 Å². The molecule has 0 bridgehead atoms. The van der Waals surface area contributed by atoms with Crippen molar-refractivity contribution in [3.8, 4) is 11.1 Å². The maximum Gasteiger partial charge on any atom is 0.136 e. The Morgan fingerprint density at radius 3 is 1.84 bits per heavy atom. The molecule has 0 aliphatic heterocycles. The van der Waals surface area contributed by atoms with E-state index in [9.17, 15) is 0 Å². The maximum absolute atomic E-state index is 6.41. The van der Waals surface area contributed by atoms with Gasteiger partial charge in [-0.05, 0) is 82.6 Å². The summed E-state index contributed by atoms with van der Waals surface area (Å²) in [5.74, 6) is 0. The highest BCUT2D eigenvalue weighted by Crippen LogP contribution is 2.39. The molecule has 2 nitrogen and oxygen atoms in total. The van der Waals surface area contributed by atoms with Crippen LogP contribution in [0.2, 0.25) is 0 Å². The average molecular weight is 491 g/mol. The van der Waals surface area contributed by atoms with Crippen molar-refractivity contribution >= 4 is 86.2 Å². The Labute approximate surface area is 214 Å². The number of thiophene rings is 1. The largest absolute Gasteiger partial charge is 0.456 e. The van der Waals surface area contributed by atoms with Crippen LogP contribution in [0.1, 0.15) is 0 Å². The van der Waals surface area contributed by atoms with Crippen LogP contribution in [0, 0.1) is 0 Å². The van der Waals surface area contributed by atoms with Gasteiger partial charge in [-0.25, -0.2) is 0 Å². The smallest absolute Gasteiger partial charge is 0.136 e. The zero-order chi connectivity index (χ0) is 24.1. The number of benzene rings is 6. The molecule has 3 heteroatoms. The summed E-state index contributed by atoms with van der Waals surface area (Å²) in [7, 11) is 0. The van der Waals surface area contributed by atoms with Gasteiger partial charge < -0.3 is 8.83 Å². The van der Waals surface area contributed by atoms with Crippen LogP contribution >= 0.6 is 11.3 Å². The van der Waals surface area contributed by atoms with Gasteiger partial charge in [-0.15, -0.1) is 11.3 Å². The van der Waals surface area contributed by atoms with Crippen LogP contribution in [0.4, 0.5) is 0 Å². The molecule has 3 aromatic heterocycles. The lowest BCUT2D eigenvalue weighted by Gasteiger charge is -2.03. The van der Waals surface area contributed by atoms with Gasteiger partial charge in [0.05, 0.1) is 0 Å². The van der Waals surface area contributed by atoms with Gasteiger partial charge in [-0.1, -0.05) is 48.5 Å². The minimum absolute atomic E-state index is 0.898. The van der Waals surface area contributed by atoms with E-state index < -0.39 is 0 Å². The zero-order valence-electron chi connectivity index (χ0n) is 19.6. The second-order valence-corrected chi connectivity index (χ2v) is 10.8. The fraction of sp³-hybridized carbons (Fsp3) is 0. The molecule has 37 heavy (non-hydrogen) atoms. The van der Waals surface area contributed by atoms with Gasteiger partial charge in [-0.2, -0.15) is 0 Å². The van der Waals surface area contributed by atoms with Gasteiger partial charge in [0.25, 0.3) is 0 Å². The number of fused-ring (bicyclic) bond motifs is 10. The molecule has 0 N–H and O–H groups in total.